The zero-order valence-electron chi connectivity index (χ0n) is 13.1. The van der Waals surface area contributed by atoms with Gasteiger partial charge in [-0.2, -0.15) is 0 Å². The number of carbonyl (C=O) groups excluding carboxylic acids is 1. The van der Waals surface area contributed by atoms with Crippen LogP contribution in [0.3, 0.4) is 0 Å². The molecular weight excluding hydrogens is 348 g/mol. The number of aromatic nitrogens is 2. The highest BCUT2D eigenvalue weighted by Crippen LogP contribution is 2.24. The van der Waals surface area contributed by atoms with Gasteiger partial charge in [0.25, 0.3) is 5.69 Å². The Labute approximate surface area is 148 Å². The van der Waals surface area contributed by atoms with Crippen LogP contribution in [0.4, 0.5) is 22.0 Å². The van der Waals surface area contributed by atoms with E-state index in [1.807, 2.05) is 4.90 Å². The summed E-state index contributed by atoms with van der Waals surface area (Å²) in [5.74, 6) is 0.707. The first-order chi connectivity index (χ1) is 12.0. The molecule has 2 heterocycles. The van der Waals surface area contributed by atoms with Crippen molar-refractivity contribution in [3.8, 4) is 0 Å². The molecule has 0 radical (unpaired) electrons. The van der Waals surface area contributed by atoms with Crippen molar-refractivity contribution >= 4 is 34.8 Å². The molecule has 0 saturated carbocycles. The van der Waals surface area contributed by atoms with E-state index in [9.17, 15) is 14.9 Å². The smallest absolute Gasteiger partial charge is 0.322 e. The molecule has 130 valence electrons. The lowest BCUT2D eigenvalue weighted by Gasteiger charge is -2.35. The summed E-state index contributed by atoms with van der Waals surface area (Å²) in [6.07, 6.45) is 1.58. The highest BCUT2D eigenvalue weighted by molar-refractivity contribution is 6.28. The van der Waals surface area contributed by atoms with Crippen LogP contribution in [0.15, 0.2) is 36.5 Å². The number of nitro benzene ring substituents is 1. The van der Waals surface area contributed by atoms with Crippen LogP contribution < -0.4 is 10.2 Å². The second kappa shape index (κ2) is 7.31. The average Bonchev–Trinajstić information content (AvgIpc) is 2.62. The van der Waals surface area contributed by atoms with Gasteiger partial charge in [0, 0.05) is 38.4 Å². The fraction of sp³-hybridized carbons (Fsp3) is 0.267. The third-order valence-corrected chi connectivity index (χ3v) is 4.03. The molecule has 1 aromatic carbocycles. The van der Waals surface area contributed by atoms with Gasteiger partial charge in [-0.3, -0.25) is 10.1 Å². The molecule has 2 amide bonds. The number of carbonyl (C=O) groups is 1. The Morgan fingerprint density at radius 3 is 2.60 bits per heavy atom. The maximum absolute atomic E-state index is 12.4. The van der Waals surface area contributed by atoms with Crippen LogP contribution in [0.1, 0.15) is 0 Å². The fourth-order valence-electron chi connectivity index (χ4n) is 2.57. The van der Waals surface area contributed by atoms with Crippen molar-refractivity contribution in [2.45, 2.75) is 0 Å². The number of rotatable bonds is 3. The molecule has 1 N–H and O–H groups in total. The molecule has 10 heteroatoms. The van der Waals surface area contributed by atoms with Crippen LogP contribution in [0.25, 0.3) is 0 Å². The highest BCUT2D eigenvalue weighted by Gasteiger charge is 2.24. The topological polar surface area (TPSA) is 104 Å². The van der Waals surface area contributed by atoms with Crippen molar-refractivity contribution in [3.63, 3.8) is 0 Å². The van der Waals surface area contributed by atoms with Crippen LogP contribution in [0, 0.1) is 10.1 Å². The molecule has 1 saturated heterocycles. The Morgan fingerprint density at radius 2 is 1.92 bits per heavy atom. The number of anilines is 2. The van der Waals surface area contributed by atoms with E-state index >= 15 is 0 Å². The van der Waals surface area contributed by atoms with E-state index in [1.54, 1.807) is 29.3 Å². The van der Waals surface area contributed by atoms with E-state index in [0.29, 0.717) is 32.0 Å². The van der Waals surface area contributed by atoms with E-state index in [2.05, 4.69) is 15.3 Å². The minimum atomic E-state index is -0.521. The molecule has 0 atom stereocenters. The molecule has 0 spiro atoms. The first kappa shape index (κ1) is 16.9. The Morgan fingerprint density at radius 1 is 1.20 bits per heavy atom. The Hall–Kier alpha value is -2.94. The molecule has 1 aliphatic rings. The standard InChI is InChI=1S/C15H15ClN6O3/c16-14-17-6-5-13(19-14)20-7-9-21(10-8-20)15(23)18-11-3-1-2-4-12(11)22(24)25/h1-6H,7-10H2,(H,18,23). The number of para-hydroxylation sites is 2. The predicted molar refractivity (Wildman–Crippen MR) is 92.9 cm³/mol. The number of piperazine rings is 1. The number of urea groups is 1. The molecule has 1 aliphatic heterocycles. The third-order valence-electron chi connectivity index (χ3n) is 3.84. The van der Waals surface area contributed by atoms with E-state index in [4.69, 9.17) is 11.6 Å². The molecule has 0 bridgehead atoms. The number of benzene rings is 1. The minimum Gasteiger partial charge on any atom is -0.353 e. The first-order valence-electron chi connectivity index (χ1n) is 7.57. The van der Waals surface area contributed by atoms with Crippen molar-refractivity contribution in [1.29, 1.82) is 0 Å². The largest absolute Gasteiger partial charge is 0.353 e. The van der Waals surface area contributed by atoms with Crippen molar-refractivity contribution in [1.82, 2.24) is 14.9 Å². The monoisotopic (exact) mass is 362 g/mol. The number of nitrogens with zero attached hydrogens (tertiary/aromatic N) is 5. The van der Waals surface area contributed by atoms with Gasteiger partial charge in [0.1, 0.15) is 11.5 Å². The van der Waals surface area contributed by atoms with E-state index in [-0.39, 0.29) is 22.7 Å². The Balaban J connectivity index is 1.61. The second-order valence-corrected chi connectivity index (χ2v) is 5.70. The van der Waals surface area contributed by atoms with Crippen molar-refractivity contribution < 1.29 is 9.72 Å². The molecule has 0 aliphatic carbocycles. The van der Waals surface area contributed by atoms with Gasteiger partial charge in [0.15, 0.2) is 0 Å². The molecule has 2 aromatic rings. The number of nitrogens with one attached hydrogen (secondary N) is 1. The lowest BCUT2D eigenvalue weighted by atomic mass is 10.2. The van der Waals surface area contributed by atoms with Crippen LogP contribution >= 0.6 is 11.6 Å². The molecule has 1 aromatic heterocycles. The summed E-state index contributed by atoms with van der Waals surface area (Å²) in [5.41, 5.74) is 0.0487. The van der Waals surface area contributed by atoms with E-state index in [0.717, 1.165) is 0 Å². The summed E-state index contributed by atoms with van der Waals surface area (Å²) in [6.45, 7) is 2.09. The van der Waals surface area contributed by atoms with Crippen LogP contribution in [-0.2, 0) is 0 Å². The molecule has 1 fully saturated rings. The van der Waals surface area contributed by atoms with Crippen molar-refractivity contribution in [3.05, 3.63) is 51.9 Å². The minimum absolute atomic E-state index is 0.134. The predicted octanol–water partition coefficient (Wildman–Crippen LogP) is 2.39. The number of hydrogen-bond donors (Lipinski definition) is 1. The fourth-order valence-corrected chi connectivity index (χ4v) is 2.72. The first-order valence-corrected chi connectivity index (χ1v) is 7.95. The van der Waals surface area contributed by atoms with Gasteiger partial charge in [-0.1, -0.05) is 12.1 Å². The highest BCUT2D eigenvalue weighted by atomic mass is 35.5. The number of halogens is 1. The van der Waals surface area contributed by atoms with E-state index < -0.39 is 4.92 Å². The zero-order valence-corrected chi connectivity index (χ0v) is 13.9. The summed E-state index contributed by atoms with van der Waals surface area (Å²) in [6, 6.07) is 7.45. The molecule has 0 unspecified atom stereocenters. The summed E-state index contributed by atoms with van der Waals surface area (Å²) >= 11 is 5.80. The maximum atomic E-state index is 12.4. The lowest BCUT2D eigenvalue weighted by Crippen LogP contribution is -2.50. The van der Waals surface area contributed by atoms with Gasteiger partial charge < -0.3 is 15.1 Å². The van der Waals surface area contributed by atoms with Gasteiger partial charge in [0.05, 0.1) is 4.92 Å². The quantitative estimate of drug-likeness (QED) is 0.510. The second-order valence-electron chi connectivity index (χ2n) is 5.36. The Kier molecular flexibility index (Phi) is 4.94. The van der Waals surface area contributed by atoms with Gasteiger partial charge >= 0.3 is 6.03 Å². The maximum Gasteiger partial charge on any atom is 0.322 e. The van der Waals surface area contributed by atoms with Gasteiger partial charge in [-0.15, -0.1) is 0 Å². The van der Waals surface area contributed by atoms with Crippen LogP contribution in [-0.4, -0.2) is 52.0 Å². The zero-order chi connectivity index (χ0) is 17.8. The van der Waals surface area contributed by atoms with Crippen molar-refractivity contribution in [2.75, 3.05) is 36.4 Å². The lowest BCUT2D eigenvalue weighted by molar-refractivity contribution is -0.383. The number of amides is 2. The van der Waals surface area contributed by atoms with Crippen LogP contribution in [0.5, 0.6) is 0 Å². The average molecular weight is 363 g/mol. The molecular formula is C15H15ClN6O3. The number of nitro groups is 1. The summed E-state index contributed by atoms with van der Waals surface area (Å²) in [7, 11) is 0. The Bertz CT molecular complexity index is 794. The molecule has 3 rings (SSSR count). The SMILES string of the molecule is O=C(Nc1ccccc1[N+](=O)[O-])N1CCN(c2ccnc(Cl)n2)CC1. The van der Waals surface area contributed by atoms with Gasteiger partial charge in [-0.05, 0) is 23.7 Å². The number of hydrogen-bond acceptors (Lipinski definition) is 6. The van der Waals surface area contributed by atoms with Gasteiger partial charge in [-0.25, -0.2) is 14.8 Å². The van der Waals surface area contributed by atoms with Crippen LogP contribution in [0.2, 0.25) is 5.28 Å². The molecule has 9 nitrogen and oxygen atoms in total. The van der Waals surface area contributed by atoms with E-state index in [1.165, 1.54) is 12.1 Å². The summed E-state index contributed by atoms with van der Waals surface area (Å²) in [5, 5.41) is 13.8. The summed E-state index contributed by atoms with van der Waals surface area (Å²) in [4.78, 5) is 34.5. The van der Waals surface area contributed by atoms with Crippen molar-refractivity contribution in [2.24, 2.45) is 0 Å². The normalized spacial score (nSPS) is 14.3. The third kappa shape index (κ3) is 3.94. The summed E-state index contributed by atoms with van der Waals surface area (Å²) < 4.78 is 0. The molecule has 25 heavy (non-hydrogen) atoms. The van der Waals surface area contributed by atoms with Gasteiger partial charge in [0.2, 0.25) is 5.28 Å².